The number of aryl methyl sites for hydroxylation is 1. The third-order valence-electron chi connectivity index (χ3n) is 3.38. The first-order chi connectivity index (χ1) is 7.09. The van der Waals surface area contributed by atoms with Gasteiger partial charge in [0.05, 0.1) is 11.4 Å². The summed E-state index contributed by atoms with van der Waals surface area (Å²) in [7, 11) is 2.19. The third kappa shape index (κ3) is 1.81. The Hall–Kier alpha value is -1.18. The molecule has 2 rings (SSSR count). The minimum atomic E-state index is 0.566. The van der Waals surface area contributed by atoms with Gasteiger partial charge in [-0.3, -0.25) is 0 Å². The van der Waals surface area contributed by atoms with Gasteiger partial charge in [-0.1, -0.05) is 6.07 Å². The molecule has 1 aliphatic heterocycles. The van der Waals surface area contributed by atoms with E-state index in [0.717, 1.165) is 6.54 Å². The second-order valence-corrected chi connectivity index (χ2v) is 4.66. The number of fused-ring (bicyclic) bond motifs is 1. The predicted molar refractivity (Wildman–Crippen MR) is 66.9 cm³/mol. The number of benzene rings is 1. The van der Waals surface area contributed by atoms with Crippen LogP contribution in [-0.2, 0) is 0 Å². The summed E-state index contributed by atoms with van der Waals surface area (Å²) in [5, 5.41) is 3.58. The van der Waals surface area contributed by atoms with Gasteiger partial charge in [0.15, 0.2) is 0 Å². The zero-order valence-electron chi connectivity index (χ0n) is 10.1. The zero-order valence-corrected chi connectivity index (χ0v) is 10.1. The summed E-state index contributed by atoms with van der Waals surface area (Å²) in [4.78, 5) is 2.37. The molecule has 0 spiro atoms. The lowest BCUT2D eigenvalue weighted by Gasteiger charge is -2.22. The molecule has 1 N–H and O–H groups in total. The van der Waals surface area contributed by atoms with E-state index in [4.69, 9.17) is 0 Å². The average molecular weight is 204 g/mol. The monoisotopic (exact) mass is 204 g/mol. The van der Waals surface area contributed by atoms with Gasteiger partial charge in [-0.25, -0.2) is 0 Å². The van der Waals surface area contributed by atoms with Crippen molar-refractivity contribution in [2.75, 3.05) is 23.8 Å². The highest BCUT2D eigenvalue weighted by atomic mass is 15.1. The first-order valence-electron chi connectivity index (χ1n) is 5.67. The van der Waals surface area contributed by atoms with Gasteiger partial charge >= 0.3 is 0 Å². The fourth-order valence-corrected chi connectivity index (χ4v) is 2.25. The molecule has 1 atom stereocenters. The van der Waals surface area contributed by atoms with E-state index in [2.05, 4.69) is 50.2 Å². The van der Waals surface area contributed by atoms with Crippen molar-refractivity contribution >= 4 is 11.4 Å². The number of rotatable bonds is 0. The first kappa shape index (κ1) is 10.3. The molecule has 1 heterocycles. The maximum absolute atomic E-state index is 3.58. The quantitative estimate of drug-likeness (QED) is 0.699. The molecular weight excluding hydrogens is 184 g/mol. The van der Waals surface area contributed by atoms with Crippen molar-refractivity contribution in [3.8, 4) is 0 Å². The number of nitrogens with zero attached hydrogens (tertiary/aromatic N) is 1. The number of nitrogens with one attached hydrogen (secondary N) is 1. The molecule has 15 heavy (non-hydrogen) atoms. The summed E-state index contributed by atoms with van der Waals surface area (Å²) in [6.07, 6.45) is 1.20. The maximum atomic E-state index is 3.58. The van der Waals surface area contributed by atoms with Gasteiger partial charge in [0.25, 0.3) is 0 Å². The molecule has 0 bridgehead atoms. The largest absolute Gasteiger partial charge is 0.381 e. The normalized spacial score (nSPS) is 20.5. The summed E-state index contributed by atoms with van der Waals surface area (Å²) in [6, 6.07) is 4.97. The smallest absolute Gasteiger partial charge is 0.0631 e. The second kappa shape index (κ2) is 3.76. The molecule has 1 aromatic carbocycles. The molecule has 0 amide bonds. The molecule has 0 saturated heterocycles. The molecule has 1 unspecified atom stereocenters. The van der Waals surface area contributed by atoms with Crippen molar-refractivity contribution in [2.45, 2.75) is 33.2 Å². The lowest BCUT2D eigenvalue weighted by Crippen LogP contribution is -2.20. The van der Waals surface area contributed by atoms with E-state index in [1.807, 2.05) is 0 Å². The van der Waals surface area contributed by atoms with Gasteiger partial charge in [0, 0.05) is 19.6 Å². The van der Waals surface area contributed by atoms with Crippen LogP contribution in [0.1, 0.15) is 24.5 Å². The molecule has 0 aliphatic carbocycles. The lowest BCUT2D eigenvalue weighted by molar-refractivity contribution is 0.711. The highest BCUT2D eigenvalue weighted by molar-refractivity contribution is 5.75. The van der Waals surface area contributed by atoms with Gasteiger partial charge in [-0.15, -0.1) is 0 Å². The minimum Gasteiger partial charge on any atom is -0.381 e. The molecule has 0 radical (unpaired) electrons. The Morgan fingerprint density at radius 3 is 2.80 bits per heavy atom. The van der Waals surface area contributed by atoms with Gasteiger partial charge in [-0.2, -0.15) is 0 Å². The highest BCUT2D eigenvalue weighted by Crippen LogP contribution is 2.33. The van der Waals surface area contributed by atoms with E-state index >= 15 is 0 Å². The second-order valence-electron chi connectivity index (χ2n) is 4.66. The summed E-state index contributed by atoms with van der Waals surface area (Å²) in [5.41, 5.74) is 5.43. The van der Waals surface area contributed by atoms with Crippen LogP contribution in [0.3, 0.4) is 0 Å². The van der Waals surface area contributed by atoms with Gasteiger partial charge in [0.2, 0.25) is 0 Å². The van der Waals surface area contributed by atoms with E-state index < -0.39 is 0 Å². The summed E-state index contributed by atoms with van der Waals surface area (Å²) < 4.78 is 0. The SMILES string of the molecule is Cc1ccc2c(c1C)N(C)CCC(C)N2. The van der Waals surface area contributed by atoms with Crippen molar-refractivity contribution < 1.29 is 0 Å². The number of anilines is 2. The van der Waals surface area contributed by atoms with E-state index in [9.17, 15) is 0 Å². The molecule has 1 aliphatic rings. The topological polar surface area (TPSA) is 15.3 Å². The van der Waals surface area contributed by atoms with Crippen LogP contribution in [0.4, 0.5) is 11.4 Å². The van der Waals surface area contributed by atoms with Crippen LogP contribution in [0.5, 0.6) is 0 Å². The van der Waals surface area contributed by atoms with Crippen LogP contribution in [0.15, 0.2) is 12.1 Å². The van der Waals surface area contributed by atoms with Gasteiger partial charge < -0.3 is 10.2 Å². The summed E-state index contributed by atoms with van der Waals surface area (Å²) in [5.74, 6) is 0. The molecule has 82 valence electrons. The fourth-order valence-electron chi connectivity index (χ4n) is 2.25. The molecule has 0 fully saturated rings. The molecule has 2 nitrogen and oxygen atoms in total. The standard InChI is InChI=1S/C13H20N2/c1-9-5-6-12-13(11(9)3)15(4)8-7-10(2)14-12/h5-6,10,14H,7-8H2,1-4H3. The zero-order chi connectivity index (χ0) is 11.0. The molecule has 2 heteroatoms. The highest BCUT2D eigenvalue weighted by Gasteiger charge is 2.18. The van der Waals surface area contributed by atoms with Crippen molar-refractivity contribution in [3.05, 3.63) is 23.3 Å². The number of hydrogen-bond donors (Lipinski definition) is 1. The van der Waals surface area contributed by atoms with Gasteiger partial charge in [0.1, 0.15) is 0 Å². The summed E-state index contributed by atoms with van der Waals surface area (Å²) in [6.45, 7) is 7.77. The Morgan fingerprint density at radius 2 is 2.07 bits per heavy atom. The van der Waals surface area contributed by atoms with Crippen LogP contribution >= 0.6 is 0 Å². The van der Waals surface area contributed by atoms with E-state index in [-0.39, 0.29) is 0 Å². The maximum Gasteiger partial charge on any atom is 0.0631 e. The minimum absolute atomic E-state index is 0.566. The van der Waals surface area contributed by atoms with E-state index in [1.54, 1.807) is 0 Å². The Bertz CT molecular complexity index is 371. The van der Waals surface area contributed by atoms with Crippen LogP contribution in [0.2, 0.25) is 0 Å². The number of hydrogen-bond acceptors (Lipinski definition) is 2. The van der Waals surface area contributed by atoms with E-state index in [0.29, 0.717) is 6.04 Å². The van der Waals surface area contributed by atoms with Crippen molar-refractivity contribution in [3.63, 3.8) is 0 Å². The Kier molecular flexibility index (Phi) is 2.59. The average Bonchev–Trinajstić information content (AvgIpc) is 2.33. The molecular formula is C13H20N2. The lowest BCUT2D eigenvalue weighted by atomic mass is 10.1. The molecule has 0 aromatic heterocycles. The van der Waals surface area contributed by atoms with Crippen LogP contribution < -0.4 is 10.2 Å². The van der Waals surface area contributed by atoms with Crippen LogP contribution in [0.25, 0.3) is 0 Å². The fraction of sp³-hybridized carbons (Fsp3) is 0.538. The molecule has 1 aromatic rings. The molecule has 0 saturated carbocycles. The Morgan fingerprint density at radius 1 is 1.33 bits per heavy atom. The Balaban J connectivity index is 2.52. The third-order valence-corrected chi connectivity index (χ3v) is 3.38. The first-order valence-corrected chi connectivity index (χ1v) is 5.67. The Labute approximate surface area is 92.3 Å². The van der Waals surface area contributed by atoms with Crippen molar-refractivity contribution in [1.82, 2.24) is 0 Å². The van der Waals surface area contributed by atoms with Crippen LogP contribution in [-0.4, -0.2) is 19.6 Å². The van der Waals surface area contributed by atoms with Crippen LogP contribution in [0, 0.1) is 13.8 Å². The van der Waals surface area contributed by atoms with E-state index in [1.165, 1.54) is 28.9 Å². The predicted octanol–water partition coefficient (Wildman–Crippen LogP) is 2.94. The van der Waals surface area contributed by atoms with Crippen molar-refractivity contribution in [2.24, 2.45) is 0 Å². The van der Waals surface area contributed by atoms with Crippen molar-refractivity contribution in [1.29, 1.82) is 0 Å². The van der Waals surface area contributed by atoms with Gasteiger partial charge in [-0.05, 0) is 44.4 Å². The summed E-state index contributed by atoms with van der Waals surface area (Å²) >= 11 is 0.